The molecule has 1 aromatic rings. The molecule has 0 amide bonds. The van der Waals surface area contributed by atoms with Crippen LogP contribution in [0.3, 0.4) is 0 Å². The number of ketones is 1. The SMILES string of the molecule is C[C@H](c1ccccc1)N1CCC(=O)C[C@H]1C(F)(F)F. The number of carbonyl (C=O) groups is 1. The number of piperidine rings is 1. The van der Waals surface area contributed by atoms with Crippen molar-refractivity contribution in [3.63, 3.8) is 0 Å². The molecule has 0 aliphatic carbocycles. The first kappa shape index (κ1) is 14.1. The van der Waals surface area contributed by atoms with E-state index < -0.39 is 18.6 Å². The van der Waals surface area contributed by atoms with Crippen LogP contribution in [0.15, 0.2) is 30.3 Å². The molecule has 1 fully saturated rings. The van der Waals surface area contributed by atoms with Gasteiger partial charge in [0.15, 0.2) is 0 Å². The first-order valence-electron chi connectivity index (χ1n) is 6.28. The smallest absolute Gasteiger partial charge is 0.300 e. The number of alkyl halides is 3. The van der Waals surface area contributed by atoms with Gasteiger partial charge < -0.3 is 0 Å². The molecule has 2 rings (SSSR count). The molecular weight excluding hydrogens is 255 g/mol. The van der Waals surface area contributed by atoms with Crippen LogP contribution in [-0.2, 0) is 4.79 Å². The van der Waals surface area contributed by atoms with Crippen molar-refractivity contribution in [2.45, 2.75) is 38.0 Å². The van der Waals surface area contributed by atoms with Gasteiger partial charge in [0.25, 0.3) is 0 Å². The summed E-state index contributed by atoms with van der Waals surface area (Å²) in [6.45, 7) is 1.92. The summed E-state index contributed by atoms with van der Waals surface area (Å²) >= 11 is 0. The van der Waals surface area contributed by atoms with E-state index in [1.54, 1.807) is 6.92 Å². The van der Waals surface area contributed by atoms with Gasteiger partial charge in [0.1, 0.15) is 11.8 Å². The molecule has 1 aromatic carbocycles. The highest BCUT2D eigenvalue weighted by atomic mass is 19.4. The highest BCUT2D eigenvalue weighted by Crippen LogP contribution is 2.35. The Morgan fingerprint density at radius 2 is 1.89 bits per heavy atom. The maximum absolute atomic E-state index is 13.0. The molecule has 2 nitrogen and oxygen atoms in total. The fourth-order valence-electron chi connectivity index (χ4n) is 2.53. The third-order valence-corrected chi connectivity index (χ3v) is 3.63. The average molecular weight is 271 g/mol. The van der Waals surface area contributed by atoms with Crippen molar-refractivity contribution in [3.8, 4) is 0 Å². The third kappa shape index (κ3) is 3.15. The average Bonchev–Trinajstić information content (AvgIpc) is 2.38. The van der Waals surface area contributed by atoms with Crippen molar-refractivity contribution in [1.82, 2.24) is 4.90 Å². The van der Waals surface area contributed by atoms with E-state index in [1.165, 1.54) is 4.90 Å². The summed E-state index contributed by atoms with van der Waals surface area (Å²) in [5, 5.41) is 0. The Hall–Kier alpha value is -1.36. The van der Waals surface area contributed by atoms with Crippen molar-refractivity contribution in [2.24, 2.45) is 0 Å². The first-order valence-corrected chi connectivity index (χ1v) is 6.28. The number of nitrogens with zero attached hydrogens (tertiary/aromatic N) is 1. The van der Waals surface area contributed by atoms with Crippen LogP contribution in [0.1, 0.15) is 31.4 Å². The Bertz CT molecular complexity index is 444. The van der Waals surface area contributed by atoms with E-state index in [0.29, 0.717) is 0 Å². The van der Waals surface area contributed by atoms with Gasteiger partial charge in [0, 0.05) is 25.4 Å². The van der Waals surface area contributed by atoms with E-state index in [1.807, 2.05) is 30.3 Å². The summed E-state index contributed by atoms with van der Waals surface area (Å²) in [6, 6.07) is 7.07. The van der Waals surface area contributed by atoms with Crippen LogP contribution in [-0.4, -0.2) is 29.4 Å². The fourth-order valence-corrected chi connectivity index (χ4v) is 2.53. The van der Waals surface area contributed by atoms with E-state index in [4.69, 9.17) is 0 Å². The number of hydrogen-bond acceptors (Lipinski definition) is 2. The van der Waals surface area contributed by atoms with Gasteiger partial charge in [0.2, 0.25) is 0 Å². The Kier molecular flexibility index (Phi) is 3.94. The molecule has 0 aromatic heterocycles. The highest BCUT2D eigenvalue weighted by Gasteiger charge is 2.47. The molecule has 0 saturated carbocycles. The molecule has 0 spiro atoms. The second-order valence-corrected chi connectivity index (χ2v) is 4.87. The van der Waals surface area contributed by atoms with Crippen LogP contribution >= 0.6 is 0 Å². The fraction of sp³-hybridized carbons (Fsp3) is 0.500. The molecular formula is C14H16F3NO. The number of likely N-dealkylation sites (tertiary alicyclic amines) is 1. The lowest BCUT2D eigenvalue weighted by molar-refractivity contribution is -0.197. The number of carbonyl (C=O) groups excluding carboxylic acids is 1. The van der Waals surface area contributed by atoms with Crippen LogP contribution < -0.4 is 0 Å². The minimum atomic E-state index is -4.36. The largest absolute Gasteiger partial charge is 0.404 e. The Balaban J connectivity index is 2.23. The standard InChI is InChI=1S/C14H16F3NO/c1-10(11-5-3-2-4-6-11)18-8-7-12(19)9-13(18)14(15,16)17/h2-6,10,13H,7-9H2,1H3/t10-,13+/m1/s1. The molecule has 2 atom stereocenters. The van der Waals surface area contributed by atoms with Gasteiger partial charge in [-0.05, 0) is 12.5 Å². The number of halogens is 3. The van der Waals surface area contributed by atoms with Gasteiger partial charge in [-0.15, -0.1) is 0 Å². The molecule has 1 aliphatic heterocycles. The van der Waals surface area contributed by atoms with Gasteiger partial charge in [-0.25, -0.2) is 0 Å². The molecule has 104 valence electrons. The van der Waals surface area contributed by atoms with E-state index in [2.05, 4.69) is 0 Å². The van der Waals surface area contributed by atoms with Crippen LogP contribution in [0.2, 0.25) is 0 Å². The lowest BCUT2D eigenvalue weighted by atomic mass is 9.96. The first-order chi connectivity index (χ1) is 8.89. The van der Waals surface area contributed by atoms with Crippen LogP contribution in [0.25, 0.3) is 0 Å². The van der Waals surface area contributed by atoms with Crippen molar-refractivity contribution in [3.05, 3.63) is 35.9 Å². The molecule has 0 unspecified atom stereocenters. The zero-order valence-electron chi connectivity index (χ0n) is 10.7. The second kappa shape index (κ2) is 5.33. The predicted molar refractivity (Wildman–Crippen MR) is 65.6 cm³/mol. The van der Waals surface area contributed by atoms with Gasteiger partial charge in [-0.3, -0.25) is 9.69 Å². The quantitative estimate of drug-likeness (QED) is 0.822. The van der Waals surface area contributed by atoms with Gasteiger partial charge in [-0.1, -0.05) is 30.3 Å². The van der Waals surface area contributed by atoms with Crippen LogP contribution in [0.4, 0.5) is 13.2 Å². The van der Waals surface area contributed by atoms with Gasteiger partial charge in [0.05, 0.1) is 0 Å². The molecule has 1 saturated heterocycles. The normalized spacial score (nSPS) is 23.4. The number of hydrogen-bond donors (Lipinski definition) is 0. The monoisotopic (exact) mass is 271 g/mol. The topological polar surface area (TPSA) is 20.3 Å². The zero-order valence-corrected chi connectivity index (χ0v) is 10.7. The molecule has 0 radical (unpaired) electrons. The molecule has 5 heteroatoms. The minimum Gasteiger partial charge on any atom is -0.300 e. The summed E-state index contributed by atoms with van der Waals surface area (Å²) in [6.07, 6.45) is -4.59. The Morgan fingerprint density at radius 3 is 2.47 bits per heavy atom. The van der Waals surface area contributed by atoms with Crippen LogP contribution in [0.5, 0.6) is 0 Å². The number of rotatable bonds is 2. The molecule has 1 heterocycles. The molecule has 1 aliphatic rings. The summed E-state index contributed by atoms with van der Waals surface area (Å²) in [7, 11) is 0. The summed E-state index contributed by atoms with van der Waals surface area (Å²) in [4.78, 5) is 12.7. The van der Waals surface area contributed by atoms with Gasteiger partial charge in [-0.2, -0.15) is 13.2 Å². The maximum Gasteiger partial charge on any atom is 0.404 e. The minimum absolute atomic E-state index is 0.166. The van der Waals surface area contributed by atoms with Crippen molar-refractivity contribution >= 4 is 5.78 Å². The summed E-state index contributed by atoms with van der Waals surface area (Å²) in [5.41, 5.74) is 0.839. The highest BCUT2D eigenvalue weighted by molar-refractivity contribution is 5.80. The van der Waals surface area contributed by atoms with Crippen molar-refractivity contribution < 1.29 is 18.0 Å². The van der Waals surface area contributed by atoms with Gasteiger partial charge >= 0.3 is 6.18 Å². The summed E-state index contributed by atoms with van der Waals surface area (Å²) in [5.74, 6) is -0.307. The van der Waals surface area contributed by atoms with E-state index in [-0.39, 0.29) is 24.8 Å². The summed E-state index contributed by atoms with van der Waals surface area (Å²) < 4.78 is 39.1. The predicted octanol–water partition coefficient (Wildman–Crippen LogP) is 3.34. The lowest BCUT2D eigenvalue weighted by Crippen LogP contribution is -2.51. The zero-order chi connectivity index (χ0) is 14.0. The maximum atomic E-state index is 13.0. The molecule has 0 bridgehead atoms. The molecule has 19 heavy (non-hydrogen) atoms. The third-order valence-electron chi connectivity index (χ3n) is 3.63. The van der Waals surface area contributed by atoms with E-state index in [0.717, 1.165) is 5.56 Å². The van der Waals surface area contributed by atoms with E-state index in [9.17, 15) is 18.0 Å². The number of benzene rings is 1. The number of Topliss-reactive ketones (excluding diaryl/α,β-unsaturated/α-hetero) is 1. The second-order valence-electron chi connectivity index (χ2n) is 4.87. The Morgan fingerprint density at radius 1 is 1.26 bits per heavy atom. The van der Waals surface area contributed by atoms with Crippen LogP contribution in [0, 0.1) is 0 Å². The van der Waals surface area contributed by atoms with Crippen molar-refractivity contribution in [1.29, 1.82) is 0 Å². The Labute approximate surface area is 110 Å². The lowest BCUT2D eigenvalue weighted by Gasteiger charge is -2.40. The van der Waals surface area contributed by atoms with Crippen molar-refractivity contribution in [2.75, 3.05) is 6.54 Å². The van der Waals surface area contributed by atoms with E-state index >= 15 is 0 Å². The molecule has 0 N–H and O–H groups in total.